The molecule has 1 aromatic carbocycles. The number of carbonyl (C=O) groups excluding carboxylic acids is 1. The second kappa shape index (κ2) is 7.48. The topological polar surface area (TPSA) is 90.1 Å². The molecule has 4 rings (SSSR count). The molecule has 0 aliphatic heterocycles. The summed E-state index contributed by atoms with van der Waals surface area (Å²) >= 11 is 0. The van der Waals surface area contributed by atoms with Crippen molar-refractivity contribution in [2.75, 3.05) is 5.32 Å². The molecule has 3 heterocycles. The molecule has 0 bridgehead atoms. The predicted octanol–water partition coefficient (Wildman–Crippen LogP) is 4.21. The van der Waals surface area contributed by atoms with Gasteiger partial charge >= 0.3 is 0 Å². The first-order chi connectivity index (χ1) is 13.6. The van der Waals surface area contributed by atoms with E-state index in [1.54, 1.807) is 25.5 Å². The van der Waals surface area contributed by atoms with E-state index in [2.05, 4.69) is 20.4 Å². The van der Waals surface area contributed by atoms with Gasteiger partial charge in [0.1, 0.15) is 17.3 Å². The van der Waals surface area contributed by atoms with E-state index in [0.717, 1.165) is 22.0 Å². The second-order valence-electron chi connectivity index (χ2n) is 6.39. The zero-order valence-electron chi connectivity index (χ0n) is 15.5. The van der Waals surface area contributed by atoms with Gasteiger partial charge in [-0.2, -0.15) is 0 Å². The maximum absolute atomic E-state index is 12.2. The molecule has 0 radical (unpaired) electrons. The standard InChI is InChI=1S/C21H18N4O3/c1-13-14(2)28-25-21(13)24-20(26)11-15-3-5-16(6-4-15)27-19-8-10-23-18-12-22-9-7-17(18)19/h3-10,12H,11H2,1-2H3,(H,24,25,26). The van der Waals surface area contributed by atoms with Gasteiger partial charge in [-0.15, -0.1) is 0 Å². The van der Waals surface area contributed by atoms with Crippen molar-refractivity contribution in [1.29, 1.82) is 0 Å². The summed E-state index contributed by atoms with van der Waals surface area (Å²) in [4.78, 5) is 20.6. The van der Waals surface area contributed by atoms with Gasteiger partial charge in [0.25, 0.3) is 0 Å². The molecule has 0 aliphatic carbocycles. The summed E-state index contributed by atoms with van der Waals surface area (Å²) < 4.78 is 11.0. The van der Waals surface area contributed by atoms with Crippen LogP contribution in [-0.4, -0.2) is 21.0 Å². The molecule has 3 aromatic heterocycles. The summed E-state index contributed by atoms with van der Waals surface area (Å²) in [5.41, 5.74) is 2.47. The van der Waals surface area contributed by atoms with Crippen LogP contribution in [0.1, 0.15) is 16.9 Å². The average molecular weight is 374 g/mol. The number of fused-ring (bicyclic) bond motifs is 1. The molecular weight excluding hydrogens is 356 g/mol. The monoisotopic (exact) mass is 374 g/mol. The fourth-order valence-electron chi connectivity index (χ4n) is 2.76. The highest BCUT2D eigenvalue weighted by Crippen LogP contribution is 2.28. The zero-order chi connectivity index (χ0) is 19.5. The van der Waals surface area contributed by atoms with Gasteiger partial charge in [0, 0.05) is 23.3 Å². The Morgan fingerprint density at radius 3 is 2.68 bits per heavy atom. The Morgan fingerprint density at radius 1 is 1.11 bits per heavy atom. The van der Waals surface area contributed by atoms with Crippen LogP contribution in [0.2, 0.25) is 0 Å². The quantitative estimate of drug-likeness (QED) is 0.563. The van der Waals surface area contributed by atoms with E-state index >= 15 is 0 Å². The molecule has 28 heavy (non-hydrogen) atoms. The number of ether oxygens (including phenoxy) is 1. The lowest BCUT2D eigenvalue weighted by Gasteiger charge is -2.09. The summed E-state index contributed by atoms with van der Waals surface area (Å²) in [6.07, 6.45) is 5.32. The van der Waals surface area contributed by atoms with Crippen LogP contribution in [0.3, 0.4) is 0 Å². The summed E-state index contributed by atoms with van der Waals surface area (Å²) in [6, 6.07) is 11.1. The summed E-state index contributed by atoms with van der Waals surface area (Å²) in [6.45, 7) is 3.66. The molecule has 0 fully saturated rings. The number of rotatable bonds is 5. The molecule has 1 amide bonds. The number of aryl methyl sites for hydroxylation is 1. The van der Waals surface area contributed by atoms with Crippen LogP contribution in [0, 0.1) is 13.8 Å². The van der Waals surface area contributed by atoms with Crippen molar-refractivity contribution in [1.82, 2.24) is 15.1 Å². The van der Waals surface area contributed by atoms with E-state index in [-0.39, 0.29) is 12.3 Å². The van der Waals surface area contributed by atoms with Gasteiger partial charge in [-0.05, 0) is 43.7 Å². The first-order valence-electron chi connectivity index (χ1n) is 8.78. The van der Waals surface area contributed by atoms with Crippen LogP contribution >= 0.6 is 0 Å². The minimum atomic E-state index is -0.155. The molecule has 0 unspecified atom stereocenters. The number of pyridine rings is 2. The van der Waals surface area contributed by atoms with E-state index in [1.165, 1.54) is 0 Å². The molecule has 0 aliphatic rings. The Labute approximate surface area is 161 Å². The lowest BCUT2D eigenvalue weighted by molar-refractivity contribution is -0.115. The van der Waals surface area contributed by atoms with Crippen LogP contribution in [0.4, 0.5) is 5.82 Å². The lowest BCUT2D eigenvalue weighted by atomic mass is 10.1. The lowest BCUT2D eigenvalue weighted by Crippen LogP contribution is -2.15. The average Bonchev–Trinajstić information content (AvgIpc) is 3.02. The Balaban J connectivity index is 1.43. The smallest absolute Gasteiger partial charge is 0.230 e. The van der Waals surface area contributed by atoms with E-state index in [1.807, 2.05) is 43.3 Å². The van der Waals surface area contributed by atoms with Crippen molar-refractivity contribution in [3.63, 3.8) is 0 Å². The number of nitrogens with one attached hydrogen (secondary N) is 1. The normalized spacial score (nSPS) is 10.8. The fraction of sp³-hybridized carbons (Fsp3) is 0.143. The third-order valence-electron chi connectivity index (χ3n) is 4.44. The van der Waals surface area contributed by atoms with Gasteiger partial charge in [-0.25, -0.2) is 0 Å². The second-order valence-corrected chi connectivity index (χ2v) is 6.39. The third kappa shape index (κ3) is 3.68. The number of hydrogen-bond donors (Lipinski definition) is 1. The molecule has 1 N–H and O–H groups in total. The molecule has 0 spiro atoms. The van der Waals surface area contributed by atoms with Crippen LogP contribution in [-0.2, 0) is 11.2 Å². The van der Waals surface area contributed by atoms with E-state index < -0.39 is 0 Å². The van der Waals surface area contributed by atoms with E-state index in [9.17, 15) is 4.79 Å². The van der Waals surface area contributed by atoms with Gasteiger partial charge in [0.05, 0.1) is 18.1 Å². The molecular formula is C21H18N4O3. The number of anilines is 1. The molecule has 7 heteroatoms. The highest BCUT2D eigenvalue weighted by Gasteiger charge is 2.12. The third-order valence-corrected chi connectivity index (χ3v) is 4.44. The van der Waals surface area contributed by atoms with Crippen molar-refractivity contribution >= 4 is 22.6 Å². The molecule has 140 valence electrons. The Morgan fingerprint density at radius 2 is 1.93 bits per heavy atom. The van der Waals surface area contributed by atoms with Gasteiger partial charge in [0.2, 0.25) is 5.91 Å². The minimum absolute atomic E-state index is 0.155. The summed E-state index contributed by atoms with van der Waals surface area (Å²) in [5.74, 6) is 2.38. The fourth-order valence-corrected chi connectivity index (χ4v) is 2.76. The van der Waals surface area contributed by atoms with E-state index in [0.29, 0.717) is 23.1 Å². The highest BCUT2D eigenvalue weighted by molar-refractivity contribution is 5.92. The first kappa shape index (κ1) is 17.7. The molecule has 0 saturated carbocycles. The van der Waals surface area contributed by atoms with Crippen molar-refractivity contribution < 1.29 is 14.1 Å². The van der Waals surface area contributed by atoms with Crippen molar-refractivity contribution in [2.24, 2.45) is 0 Å². The summed E-state index contributed by atoms with van der Waals surface area (Å²) in [5, 5.41) is 7.50. The molecule has 0 saturated heterocycles. The minimum Gasteiger partial charge on any atom is -0.457 e. The molecule has 4 aromatic rings. The van der Waals surface area contributed by atoms with Crippen LogP contribution < -0.4 is 10.1 Å². The Hall–Kier alpha value is -3.74. The van der Waals surface area contributed by atoms with Gasteiger partial charge in [-0.3, -0.25) is 14.8 Å². The number of amides is 1. The number of aromatic nitrogens is 3. The molecule has 7 nitrogen and oxygen atoms in total. The zero-order valence-corrected chi connectivity index (χ0v) is 15.5. The Kier molecular flexibility index (Phi) is 4.72. The Bertz CT molecular complexity index is 1130. The number of nitrogens with zero attached hydrogens (tertiary/aromatic N) is 3. The van der Waals surface area contributed by atoms with Gasteiger partial charge in [-0.1, -0.05) is 17.3 Å². The maximum Gasteiger partial charge on any atom is 0.230 e. The number of carbonyl (C=O) groups is 1. The predicted molar refractivity (Wildman–Crippen MR) is 104 cm³/mol. The van der Waals surface area contributed by atoms with Crippen molar-refractivity contribution in [2.45, 2.75) is 20.3 Å². The first-order valence-corrected chi connectivity index (χ1v) is 8.78. The van der Waals surface area contributed by atoms with Crippen LogP contribution in [0.25, 0.3) is 10.9 Å². The van der Waals surface area contributed by atoms with Gasteiger partial charge < -0.3 is 14.6 Å². The SMILES string of the molecule is Cc1onc(NC(=O)Cc2ccc(Oc3ccnc4cnccc34)cc2)c1C. The summed E-state index contributed by atoms with van der Waals surface area (Å²) in [7, 11) is 0. The van der Waals surface area contributed by atoms with Crippen LogP contribution in [0.15, 0.2) is 59.5 Å². The molecule has 0 atom stereocenters. The van der Waals surface area contributed by atoms with Crippen molar-refractivity contribution in [3.8, 4) is 11.5 Å². The van der Waals surface area contributed by atoms with Crippen LogP contribution in [0.5, 0.6) is 11.5 Å². The largest absolute Gasteiger partial charge is 0.457 e. The highest BCUT2D eigenvalue weighted by atomic mass is 16.5. The van der Waals surface area contributed by atoms with Crippen molar-refractivity contribution in [3.05, 3.63) is 71.9 Å². The van der Waals surface area contributed by atoms with Gasteiger partial charge in [0.15, 0.2) is 5.82 Å². The maximum atomic E-state index is 12.2. The number of hydrogen-bond acceptors (Lipinski definition) is 6. The number of benzene rings is 1. The van der Waals surface area contributed by atoms with E-state index in [4.69, 9.17) is 9.26 Å².